The Labute approximate surface area is 204 Å². The van der Waals surface area contributed by atoms with Crippen molar-refractivity contribution >= 4 is 11.7 Å². The van der Waals surface area contributed by atoms with Crippen molar-refractivity contribution < 1.29 is 14.3 Å². The van der Waals surface area contributed by atoms with Crippen molar-refractivity contribution in [2.24, 2.45) is 0 Å². The van der Waals surface area contributed by atoms with Gasteiger partial charge in [0.05, 0.1) is 13.2 Å². The molecule has 0 aromatic heterocycles. The van der Waals surface area contributed by atoms with Crippen LogP contribution in [0.4, 0.5) is 0 Å². The van der Waals surface area contributed by atoms with Gasteiger partial charge < -0.3 is 15.4 Å². The molecule has 0 unspecified atom stereocenters. The van der Waals surface area contributed by atoms with Gasteiger partial charge in [-0.3, -0.25) is 14.5 Å². The Bertz CT molecular complexity index is 919. The van der Waals surface area contributed by atoms with Crippen LogP contribution in [0.3, 0.4) is 0 Å². The molecule has 1 saturated heterocycles. The first kappa shape index (κ1) is 25.9. The summed E-state index contributed by atoms with van der Waals surface area (Å²) in [5.41, 5.74) is 2.75. The number of amides is 1. The largest absolute Gasteiger partial charge is 0.493 e. The molecule has 0 radical (unpaired) electrons. The fourth-order valence-electron chi connectivity index (χ4n) is 4.34. The van der Waals surface area contributed by atoms with E-state index in [9.17, 15) is 9.59 Å². The molecule has 1 aliphatic heterocycles. The zero-order valence-corrected chi connectivity index (χ0v) is 20.8. The van der Waals surface area contributed by atoms with Crippen LogP contribution in [0, 0.1) is 0 Å². The second-order valence-corrected chi connectivity index (χ2v) is 9.27. The molecular formula is C28H39N3O3. The summed E-state index contributed by atoms with van der Waals surface area (Å²) in [6, 6.07) is 16.7. The molecule has 2 N–H and O–H groups in total. The van der Waals surface area contributed by atoms with Crippen molar-refractivity contribution in [2.75, 3.05) is 32.8 Å². The second-order valence-electron chi connectivity index (χ2n) is 9.27. The van der Waals surface area contributed by atoms with Gasteiger partial charge >= 0.3 is 0 Å². The fraction of sp³-hybridized carbons (Fsp3) is 0.500. The van der Waals surface area contributed by atoms with Gasteiger partial charge in [-0.05, 0) is 30.9 Å². The molecule has 0 spiro atoms. The van der Waals surface area contributed by atoms with E-state index in [0.29, 0.717) is 38.2 Å². The molecule has 2 aromatic rings. The highest BCUT2D eigenvalue weighted by molar-refractivity contribution is 5.96. The number of para-hydroxylation sites is 1. The molecule has 1 amide bonds. The number of benzene rings is 2. The first-order valence-electron chi connectivity index (χ1n) is 12.6. The second kappa shape index (κ2) is 13.3. The lowest BCUT2D eigenvalue weighted by Crippen LogP contribution is -2.47. The van der Waals surface area contributed by atoms with E-state index in [1.54, 1.807) is 0 Å². The highest BCUT2D eigenvalue weighted by atomic mass is 16.5. The summed E-state index contributed by atoms with van der Waals surface area (Å²) in [4.78, 5) is 26.4. The molecular weight excluding hydrogens is 426 g/mol. The van der Waals surface area contributed by atoms with Gasteiger partial charge in [-0.1, -0.05) is 63.2 Å². The minimum atomic E-state index is 0.0809. The zero-order chi connectivity index (χ0) is 24.3. The van der Waals surface area contributed by atoms with Gasteiger partial charge in [0.1, 0.15) is 5.75 Å². The summed E-state index contributed by atoms with van der Waals surface area (Å²) >= 11 is 0. The number of ketones is 1. The average Bonchev–Trinajstić information content (AvgIpc) is 2.84. The van der Waals surface area contributed by atoms with Crippen molar-refractivity contribution in [3.8, 4) is 16.9 Å². The fourth-order valence-corrected chi connectivity index (χ4v) is 4.34. The number of rotatable bonds is 12. The van der Waals surface area contributed by atoms with Gasteiger partial charge in [0.2, 0.25) is 5.91 Å². The minimum absolute atomic E-state index is 0.0809. The van der Waals surface area contributed by atoms with Crippen molar-refractivity contribution in [1.29, 1.82) is 0 Å². The van der Waals surface area contributed by atoms with E-state index in [-0.39, 0.29) is 11.7 Å². The molecule has 34 heavy (non-hydrogen) atoms. The molecule has 184 valence electrons. The molecule has 2 aromatic carbocycles. The van der Waals surface area contributed by atoms with E-state index < -0.39 is 0 Å². The third-order valence-electron chi connectivity index (χ3n) is 6.15. The van der Waals surface area contributed by atoms with Gasteiger partial charge in [0.25, 0.3) is 0 Å². The van der Waals surface area contributed by atoms with Crippen LogP contribution in [0.1, 0.15) is 56.8 Å². The van der Waals surface area contributed by atoms with Gasteiger partial charge in [0.15, 0.2) is 5.78 Å². The number of hydrogen-bond acceptors (Lipinski definition) is 5. The van der Waals surface area contributed by atoms with Crippen LogP contribution in [0.25, 0.3) is 11.1 Å². The molecule has 0 atom stereocenters. The first-order chi connectivity index (χ1) is 16.5. The first-order valence-corrected chi connectivity index (χ1v) is 12.6. The molecule has 3 rings (SSSR count). The lowest BCUT2D eigenvalue weighted by Gasteiger charge is -2.32. The van der Waals surface area contributed by atoms with Crippen LogP contribution in [0.5, 0.6) is 5.75 Å². The number of likely N-dealkylation sites (tertiary alicyclic amines) is 1. The number of nitrogens with zero attached hydrogens (tertiary/aromatic N) is 1. The van der Waals surface area contributed by atoms with E-state index in [2.05, 4.69) is 29.4 Å². The molecule has 6 heteroatoms. The summed E-state index contributed by atoms with van der Waals surface area (Å²) < 4.78 is 6.03. The lowest BCUT2D eigenvalue weighted by molar-refractivity contribution is -0.122. The molecule has 1 aliphatic rings. The molecule has 6 nitrogen and oxygen atoms in total. The Morgan fingerprint density at radius 3 is 2.44 bits per heavy atom. The summed E-state index contributed by atoms with van der Waals surface area (Å²) in [6.45, 7) is 9.74. The van der Waals surface area contributed by atoms with Gasteiger partial charge in [-0.2, -0.15) is 0 Å². The Morgan fingerprint density at radius 2 is 1.76 bits per heavy atom. The summed E-state index contributed by atoms with van der Waals surface area (Å²) in [7, 11) is 0. The van der Waals surface area contributed by atoms with Gasteiger partial charge in [0, 0.05) is 49.3 Å². The van der Waals surface area contributed by atoms with Crippen LogP contribution >= 0.6 is 0 Å². The van der Waals surface area contributed by atoms with Crippen LogP contribution in [0.15, 0.2) is 48.5 Å². The van der Waals surface area contributed by atoms with Gasteiger partial charge in [-0.25, -0.2) is 0 Å². The van der Waals surface area contributed by atoms with Crippen molar-refractivity contribution in [3.63, 3.8) is 0 Å². The minimum Gasteiger partial charge on any atom is -0.493 e. The zero-order valence-electron chi connectivity index (χ0n) is 20.8. The number of carbonyl (C=O) groups is 2. The van der Waals surface area contributed by atoms with Crippen LogP contribution < -0.4 is 15.4 Å². The molecule has 1 heterocycles. The third kappa shape index (κ3) is 7.96. The predicted molar refractivity (Wildman–Crippen MR) is 137 cm³/mol. The maximum Gasteiger partial charge on any atom is 0.234 e. The number of Topliss-reactive ketones (excluding diaryl/α,β-unsaturated/α-hetero) is 1. The van der Waals surface area contributed by atoms with Crippen molar-refractivity contribution in [3.05, 3.63) is 54.1 Å². The quantitative estimate of drug-likeness (QED) is 0.361. The Hall–Kier alpha value is -2.70. The van der Waals surface area contributed by atoms with Gasteiger partial charge in [-0.15, -0.1) is 0 Å². The number of piperidine rings is 1. The number of nitrogens with one attached hydrogen (secondary N) is 2. The SMILES string of the molecule is CCC(=O)c1ccc(-c2ccccc2OCCCNC(=O)CN2CCC(NC(C)C)CC2)cc1. The maximum absolute atomic E-state index is 12.3. The molecule has 0 saturated carbocycles. The standard InChI is InChI=1S/C28H39N3O3/c1-4-26(32)23-12-10-22(11-13-23)25-8-5-6-9-27(25)34-19-7-16-29-28(33)20-31-17-14-24(15-18-31)30-21(2)3/h5-6,8-13,21,24,30H,4,7,14-20H2,1-3H3,(H,29,33). The highest BCUT2D eigenvalue weighted by Gasteiger charge is 2.20. The Balaban J connectivity index is 1.39. The number of hydrogen-bond donors (Lipinski definition) is 2. The van der Waals surface area contributed by atoms with Crippen LogP contribution in [-0.2, 0) is 4.79 Å². The summed E-state index contributed by atoms with van der Waals surface area (Å²) in [6.07, 6.45) is 3.43. The maximum atomic E-state index is 12.3. The molecule has 0 bridgehead atoms. The topological polar surface area (TPSA) is 70.7 Å². The van der Waals surface area contributed by atoms with E-state index in [1.165, 1.54) is 0 Å². The highest BCUT2D eigenvalue weighted by Crippen LogP contribution is 2.30. The molecule has 1 fully saturated rings. The van der Waals surface area contributed by atoms with Crippen LogP contribution in [0.2, 0.25) is 0 Å². The lowest BCUT2D eigenvalue weighted by atomic mass is 10.0. The Morgan fingerprint density at radius 1 is 1.06 bits per heavy atom. The third-order valence-corrected chi connectivity index (χ3v) is 6.15. The Kier molecular flexibility index (Phi) is 10.1. The predicted octanol–water partition coefficient (Wildman–Crippen LogP) is 4.29. The normalized spacial score (nSPS) is 14.8. The van der Waals surface area contributed by atoms with Crippen molar-refractivity contribution in [2.45, 2.75) is 58.5 Å². The monoisotopic (exact) mass is 465 g/mol. The van der Waals surface area contributed by atoms with E-state index in [4.69, 9.17) is 4.74 Å². The number of ether oxygens (including phenoxy) is 1. The average molecular weight is 466 g/mol. The smallest absolute Gasteiger partial charge is 0.234 e. The van der Waals surface area contributed by atoms with Crippen LogP contribution in [-0.4, -0.2) is 61.5 Å². The van der Waals surface area contributed by atoms with E-state index in [1.807, 2.05) is 55.5 Å². The van der Waals surface area contributed by atoms with E-state index >= 15 is 0 Å². The summed E-state index contributed by atoms with van der Waals surface area (Å²) in [5.74, 6) is 1.03. The van der Waals surface area contributed by atoms with E-state index in [0.717, 1.165) is 54.8 Å². The van der Waals surface area contributed by atoms with Crippen molar-refractivity contribution in [1.82, 2.24) is 15.5 Å². The molecule has 0 aliphatic carbocycles. The number of carbonyl (C=O) groups excluding carboxylic acids is 2. The summed E-state index contributed by atoms with van der Waals surface area (Å²) in [5, 5.41) is 6.61.